The third kappa shape index (κ3) is 9.78. The summed E-state index contributed by atoms with van der Waals surface area (Å²) in [6.07, 6.45) is -4.88. The lowest BCUT2D eigenvalue weighted by Gasteiger charge is -2.30. The van der Waals surface area contributed by atoms with Gasteiger partial charge in [0.05, 0.1) is 31.0 Å². The number of carbonyl (C=O) groups excluding carboxylic acids is 1. The molecule has 0 atom stereocenters. The topological polar surface area (TPSA) is 77.2 Å². The number of fused-ring (bicyclic) bond motifs is 2. The summed E-state index contributed by atoms with van der Waals surface area (Å²) in [5.41, 5.74) is 3.05. The van der Waals surface area contributed by atoms with Crippen LogP contribution in [0.4, 0.5) is 31.1 Å². The molecule has 0 bridgehead atoms. The molecule has 0 unspecified atom stereocenters. The summed E-state index contributed by atoms with van der Waals surface area (Å²) >= 11 is 0. The Morgan fingerprint density at radius 3 is 1.76 bits per heavy atom. The molecule has 1 N–H and O–H groups in total. The van der Waals surface area contributed by atoms with Crippen molar-refractivity contribution in [1.82, 2.24) is 29.8 Å². The molecule has 2 aliphatic heterocycles. The maximum atomic E-state index is 13.4. The molecule has 2 aromatic heterocycles. The van der Waals surface area contributed by atoms with Gasteiger partial charge in [0.1, 0.15) is 28.6 Å². The Hall–Kier alpha value is -4.04. The molecule has 0 fully saturated rings. The second-order valence-corrected chi connectivity index (χ2v) is 12.4. The molecule has 0 radical (unpaired) electrons. The van der Waals surface area contributed by atoms with Crippen molar-refractivity contribution >= 4 is 18.5 Å². The fourth-order valence-corrected chi connectivity index (χ4v) is 5.58. The van der Waals surface area contributed by atoms with Crippen LogP contribution in [0.3, 0.4) is 0 Å². The van der Waals surface area contributed by atoms with Gasteiger partial charge in [-0.3, -0.25) is 9.36 Å². The fraction of sp³-hybridized carbons (Fsp3) is 0.441. The molecule has 8 nitrogen and oxygen atoms in total. The van der Waals surface area contributed by atoms with Gasteiger partial charge in [0.2, 0.25) is 0 Å². The molecule has 2 aromatic carbocycles. The maximum absolute atomic E-state index is 13.4. The summed E-state index contributed by atoms with van der Waals surface area (Å²) < 4.78 is 87.3. The van der Waals surface area contributed by atoms with Crippen molar-refractivity contribution in [2.24, 2.45) is 0 Å². The summed E-state index contributed by atoms with van der Waals surface area (Å²) in [5.74, 6) is -0.684. The summed E-state index contributed by atoms with van der Waals surface area (Å²) in [5, 5.41) is 11.3. The van der Waals surface area contributed by atoms with Gasteiger partial charge in [0, 0.05) is 24.2 Å². The van der Waals surface area contributed by atoms with Crippen LogP contribution in [-0.2, 0) is 43.8 Å². The van der Waals surface area contributed by atoms with Crippen LogP contribution >= 0.6 is 12.4 Å². The highest BCUT2D eigenvalue weighted by atomic mass is 35.5. The van der Waals surface area contributed by atoms with E-state index in [0.717, 1.165) is 16.8 Å². The molecular weight excluding hydrogens is 674 g/mol. The number of carbonyl (C=O) groups is 1. The third-order valence-electron chi connectivity index (χ3n) is 7.77. The molecule has 49 heavy (non-hydrogen) atoms. The van der Waals surface area contributed by atoms with E-state index in [9.17, 15) is 31.1 Å². The number of halogens is 7. The molecule has 4 aromatic rings. The SMILES string of the molecule is C.CC(C)(C)OC(=O)N1CCc2c(C(F)F)nn(Cc3ccc(F)cc3)c2C1.Cl.Fc1ccc(Cn2nc(C(F)F)c3c2CNCC3)cc1. The van der Waals surface area contributed by atoms with Crippen LogP contribution in [0.5, 0.6) is 0 Å². The normalized spacial score (nSPS) is 13.9. The summed E-state index contributed by atoms with van der Waals surface area (Å²) in [6, 6.07) is 11.8. The molecule has 268 valence electrons. The van der Waals surface area contributed by atoms with Crippen LogP contribution in [0.1, 0.15) is 86.1 Å². The van der Waals surface area contributed by atoms with Gasteiger partial charge in [-0.05, 0) is 75.5 Å². The Labute approximate surface area is 287 Å². The van der Waals surface area contributed by atoms with E-state index in [2.05, 4.69) is 15.5 Å². The first kappa shape index (κ1) is 39.4. The predicted octanol–water partition coefficient (Wildman–Crippen LogP) is 8.01. The first-order valence-electron chi connectivity index (χ1n) is 15.2. The van der Waals surface area contributed by atoms with Crippen molar-refractivity contribution in [3.8, 4) is 0 Å². The number of nitrogens with zero attached hydrogens (tertiary/aromatic N) is 5. The zero-order valence-electron chi connectivity index (χ0n) is 26.7. The maximum Gasteiger partial charge on any atom is 0.410 e. The first-order valence-corrected chi connectivity index (χ1v) is 15.2. The first-order chi connectivity index (χ1) is 22.3. The fourth-order valence-electron chi connectivity index (χ4n) is 5.58. The number of hydrogen-bond acceptors (Lipinski definition) is 5. The standard InChI is InChI=1S/C19H22F3N3O2.C14H14F3N3.CH4.ClH/c1-19(2,3)27-18(26)24-9-8-14-15(11-24)25(23-16(14)17(21)22)10-12-4-6-13(20)7-5-12;15-10-3-1-9(2-4-10)8-20-12-7-18-6-5-11(12)13(19-20)14(16)17;;/h4-7,17H,8-11H2,1-3H3;1-4,14,18H,5-8H2;1H4;1H. The Morgan fingerprint density at radius 2 is 1.29 bits per heavy atom. The monoisotopic (exact) mass is 714 g/mol. The van der Waals surface area contributed by atoms with E-state index in [-0.39, 0.29) is 62.4 Å². The highest BCUT2D eigenvalue weighted by Gasteiger charge is 2.32. The number of aromatic nitrogens is 4. The molecule has 0 saturated heterocycles. The van der Waals surface area contributed by atoms with Crippen LogP contribution in [0, 0.1) is 11.6 Å². The Morgan fingerprint density at radius 1 is 0.816 bits per heavy atom. The highest BCUT2D eigenvalue weighted by molar-refractivity contribution is 5.85. The van der Waals surface area contributed by atoms with Gasteiger partial charge in [0.25, 0.3) is 12.9 Å². The van der Waals surface area contributed by atoms with E-state index >= 15 is 0 Å². The van der Waals surface area contributed by atoms with E-state index in [1.54, 1.807) is 49.7 Å². The smallest absolute Gasteiger partial charge is 0.410 e. The minimum absolute atomic E-state index is 0. The highest BCUT2D eigenvalue weighted by Crippen LogP contribution is 2.31. The quantitative estimate of drug-likeness (QED) is 0.205. The Balaban J connectivity index is 0.000000265. The summed E-state index contributed by atoms with van der Waals surface area (Å²) in [4.78, 5) is 13.8. The molecule has 2 aliphatic rings. The van der Waals surface area contributed by atoms with Crippen LogP contribution < -0.4 is 5.32 Å². The third-order valence-corrected chi connectivity index (χ3v) is 7.77. The van der Waals surface area contributed by atoms with E-state index < -0.39 is 24.5 Å². The molecule has 1 amide bonds. The van der Waals surface area contributed by atoms with Crippen molar-refractivity contribution < 1.29 is 35.9 Å². The average Bonchev–Trinajstić information content (AvgIpc) is 3.57. The summed E-state index contributed by atoms with van der Waals surface area (Å²) in [6.45, 7) is 7.57. The van der Waals surface area contributed by atoms with E-state index in [1.807, 2.05) is 0 Å². The van der Waals surface area contributed by atoms with Gasteiger partial charge in [-0.1, -0.05) is 31.7 Å². The molecule has 6 rings (SSSR count). The van der Waals surface area contributed by atoms with Crippen molar-refractivity contribution in [2.75, 3.05) is 13.1 Å². The molecule has 0 spiro atoms. The van der Waals surface area contributed by atoms with Crippen LogP contribution in [0.25, 0.3) is 0 Å². The summed E-state index contributed by atoms with van der Waals surface area (Å²) in [7, 11) is 0. The number of rotatable bonds is 6. The molecule has 4 heterocycles. The lowest BCUT2D eigenvalue weighted by molar-refractivity contribution is 0.0218. The van der Waals surface area contributed by atoms with Crippen LogP contribution in [-0.4, -0.2) is 49.2 Å². The van der Waals surface area contributed by atoms with E-state index in [0.29, 0.717) is 49.4 Å². The van der Waals surface area contributed by atoms with Crippen molar-refractivity contribution in [3.63, 3.8) is 0 Å². The van der Waals surface area contributed by atoms with Gasteiger partial charge in [-0.15, -0.1) is 12.4 Å². The van der Waals surface area contributed by atoms with Crippen LogP contribution in [0.15, 0.2) is 48.5 Å². The number of alkyl halides is 4. The number of ether oxygens (including phenoxy) is 1. The van der Waals surface area contributed by atoms with Gasteiger partial charge in [0.15, 0.2) is 0 Å². The largest absolute Gasteiger partial charge is 0.444 e. The number of nitrogens with one attached hydrogen (secondary N) is 1. The van der Waals surface area contributed by atoms with Crippen LogP contribution in [0.2, 0.25) is 0 Å². The van der Waals surface area contributed by atoms with Crippen molar-refractivity contribution in [3.05, 3.63) is 105 Å². The number of benzene rings is 2. The molecule has 0 saturated carbocycles. The lowest BCUT2D eigenvalue weighted by atomic mass is 10.0. The minimum Gasteiger partial charge on any atom is -0.444 e. The lowest BCUT2D eigenvalue weighted by Crippen LogP contribution is -2.40. The molecule has 15 heteroatoms. The Bertz CT molecular complexity index is 1690. The molecular formula is C34H41ClF6N6O2. The van der Waals surface area contributed by atoms with Gasteiger partial charge < -0.3 is 15.0 Å². The Kier molecular flexibility index (Phi) is 13.3. The zero-order chi connectivity index (χ0) is 33.9. The zero-order valence-corrected chi connectivity index (χ0v) is 27.5. The second kappa shape index (κ2) is 16.6. The van der Waals surface area contributed by atoms with E-state index in [4.69, 9.17) is 4.74 Å². The van der Waals surface area contributed by atoms with E-state index in [1.165, 1.54) is 33.8 Å². The number of hydrogen-bond donors (Lipinski definition) is 1. The second-order valence-electron chi connectivity index (χ2n) is 12.4. The minimum atomic E-state index is -2.69. The number of amides is 1. The average molecular weight is 715 g/mol. The van der Waals surface area contributed by atoms with Crippen molar-refractivity contribution in [1.29, 1.82) is 0 Å². The predicted molar refractivity (Wildman–Crippen MR) is 175 cm³/mol. The van der Waals surface area contributed by atoms with Gasteiger partial charge >= 0.3 is 6.09 Å². The van der Waals surface area contributed by atoms with Gasteiger partial charge in [-0.2, -0.15) is 10.2 Å². The van der Waals surface area contributed by atoms with Gasteiger partial charge in [-0.25, -0.2) is 31.1 Å². The molecule has 0 aliphatic carbocycles. The van der Waals surface area contributed by atoms with Crippen molar-refractivity contribution in [2.45, 2.75) is 85.7 Å².